The molecule has 1 aromatic rings. The van der Waals surface area contributed by atoms with Crippen molar-refractivity contribution in [3.05, 3.63) is 30.3 Å². The number of rotatable bonds is 2. The topological polar surface area (TPSA) is 15.3 Å². The lowest BCUT2D eigenvalue weighted by Crippen LogP contribution is -2.48. The summed E-state index contributed by atoms with van der Waals surface area (Å²) < 4.78 is 0. The van der Waals surface area contributed by atoms with Crippen molar-refractivity contribution in [2.45, 2.75) is 32.4 Å². The van der Waals surface area contributed by atoms with Crippen LogP contribution in [0.1, 0.15) is 20.3 Å². The number of piperidine rings is 1. The molecule has 0 aromatic heterocycles. The molecule has 0 bridgehead atoms. The van der Waals surface area contributed by atoms with Crippen LogP contribution in [0.25, 0.3) is 0 Å². The Kier molecular flexibility index (Phi) is 3.49. The molecule has 2 nitrogen and oxygen atoms in total. The van der Waals surface area contributed by atoms with Crippen LogP contribution in [-0.2, 0) is 0 Å². The molecular formula is C14H22N2. The van der Waals surface area contributed by atoms with Gasteiger partial charge in [-0.1, -0.05) is 25.1 Å². The van der Waals surface area contributed by atoms with Gasteiger partial charge in [0.2, 0.25) is 0 Å². The van der Waals surface area contributed by atoms with Crippen LogP contribution >= 0.6 is 0 Å². The molecule has 2 heteroatoms. The second-order valence-electron chi connectivity index (χ2n) is 5.12. The first-order valence-corrected chi connectivity index (χ1v) is 6.18. The van der Waals surface area contributed by atoms with Crippen molar-refractivity contribution in [3.8, 4) is 0 Å². The van der Waals surface area contributed by atoms with Crippen LogP contribution in [0.5, 0.6) is 0 Å². The SMILES string of the molecule is C[C@@H]1CN(C)[C@H](C)C[C@@H]1Nc1ccccc1. The molecule has 1 heterocycles. The van der Waals surface area contributed by atoms with Gasteiger partial charge in [0.15, 0.2) is 0 Å². The van der Waals surface area contributed by atoms with Crippen molar-refractivity contribution in [1.82, 2.24) is 4.90 Å². The van der Waals surface area contributed by atoms with Crippen LogP contribution in [-0.4, -0.2) is 30.6 Å². The first kappa shape index (κ1) is 11.5. The Morgan fingerprint density at radius 1 is 1.19 bits per heavy atom. The van der Waals surface area contributed by atoms with Crippen molar-refractivity contribution in [2.24, 2.45) is 5.92 Å². The van der Waals surface area contributed by atoms with E-state index in [-0.39, 0.29) is 0 Å². The minimum atomic E-state index is 0.605. The van der Waals surface area contributed by atoms with Crippen LogP contribution in [0.15, 0.2) is 30.3 Å². The highest BCUT2D eigenvalue weighted by molar-refractivity contribution is 5.43. The number of hydrogen-bond donors (Lipinski definition) is 1. The summed E-state index contributed by atoms with van der Waals surface area (Å²) in [6, 6.07) is 11.8. The molecule has 1 N–H and O–H groups in total. The molecule has 0 amide bonds. The predicted octanol–water partition coefficient (Wildman–Crippen LogP) is 2.83. The molecule has 0 spiro atoms. The van der Waals surface area contributed by atoms with Crippen LogP contribution in [0, 0.1) is 5.92 Å². The van der Waals surface area contributed by atoms with E-state index in [1.165, 1.54) is 18.7 Å². The standard InChI is InChI=1S/C14H22N2/c1-11-10-16(3)12(2)9-14(11)15-13-7-5-4-6-8-13/h4-8,11-12,14-15H,9-10H2,1-3H3/t11-,12-,14+/m1/s1. The van der Waals surface area contributed by atoms with Crippen molar-refractivity contribution in [3.63, 3.8) is 0 Å². The van der Waals surface area contributed by atoms with E-state index >= 15 is 0 Å². The van der Waals surface area contributed by atoms with Crippen LogP contribution in [0.3, 0.4) is 0 Å². The lowest BCUT2D eigenvalue weighted by atomic mass is 9.89. The summed E-state index contributed by atoms with van der Waals surface area (Å²) in [4.78, 5) is 2.45. The average molecular weight is 218 g/mol. The Labute approximate surface area is 98.7 Å². The quantitative estimate of drug-likeness (QED) is 0.821. The Morgan fingerprint density at radius 2 is 1.88 bits per heavy atom. The Bertz CT molecular complexity index is 323. The van der Waals surface area contributed by atoms with Gasteiger partial charge in [-0.2, -0.15) is 0 Å². The Hall–Kier alpha value is -1.02. The van der Waals surface area contributed by atoms with Gasteiger partial charge in [-0.3, -0.25) is 0 Å². The normalized spacial score (nSPS) is 31.3. The molecule has 1 aliphatic rings. The predicted molar refractivity (Wildman–Crippen MR) is 69.7 cm³/mol. The molecule has 0 radical (unpaired) electrons. The molecule has 1 fully saturated rings. The van der Waals surface area contributed by atoms with Crippen LogP contribution in [0.2, 0.25) is 0 Å². The van der Waals surface area contributed by atoms with Gasteiger partial charge < -0.3 is 10.2 Å². The fraction of sp³-hybridized carbons (Fsp3) is 0.571. The first-order valence-electron chi connectivity index (χ1n) is 6.18. The zero-order chi connectivity index (χ0) is 11.5. The average Bonchev–Trinajstić information content (AvgIpc) is 2.27. The monoisotopic (exact) mass is 218 g/mol. The summed E-state index contributed by atoms with van der Waals surface area (Å²) in [7, 11) is 2.22. The summed E-state index contributed by atoms with van der Waals surface area (Å²) in [5.41, 5.74) is 1.25. The fourth-order valence-corrected chi connectivity index (χ4v) is 2.49. The Balaban J connectivity index is 2.00. The van der Waals surface area contributed by atoms with Gasteiger partial charge in [0, 0.05) is 24.3 Å². The highest BCUT2D eigenvalue weighted by Crippen LogP contribution is 2.23. The number of benzene rings is 1. The molecular weight excluding hydrogens is 196 g/mol. The largest absolute Gasteiger partial charge is 0.382 e. The zero-order valence-corrected chi connectivity index (χ0v) is 10.5. The number of nitrogens with zero attached hydrogens (tertiary/aromatic N) is 1. The van der Waals surface area contributed by atoms with Crippen molar-refractivity contribution in [2.75, 3.05) is 18.9 Å². The second kappa shape index (κ2) is 4.88. The molecule has 2 rings (SSSR count). The molecule has 16 heavy (non-hydrogen) atoms. The summed E-state index contributed by atoms with van der Waals surface area (Å²) in [6.07, 6.45) is 1.23. The number of likely N-dealkylation sites (tertiary alicyclic amines) is 1. The highest BCUT2D eigenvalue weighted by atomic mass is 15.2. The summed E-state index contributed by atoms with van der Waals surface area (Å²) in [5.74, 6) is 0.710. The molecule has 0 unspecified atom stereocenters. The van der Waals surface area contributed by atoms with E-state index in [1.807, 2.05) is 0 Å². The fourth-order valence-electron chi connectivity index (χ4n) is 2.49. The summed E-state index contributed by atoms with van der Waals surface area (Å²) in [5, 5.41) is 3.65. The maximum atomic E-state index is 3.65. The molecule has 88 valence electrons. The van der Waals surface area contributed by atoms with Gasteiger partial charge in [-0.15, -0.1) is 0 Å². The van der Waals surface area contributed by atoms with Crippen molar-refractivity contribution in [1.29, 1.82) is 0 Å². The number of anilines is 1. The maximum Gasteiger partial charge on any atom is 0.0342 e. The van der Waals surface area contributed by atoms with E-state index in [0.717, 1.165) is 0 Å². The van der Waals surface area contributed by atoms with Crippen molar-refractivity contribution < 1.29 is 0 Å². The summed E-state index contributed by atoms with van der Waals surface area (Å²) >= 11 is 0. The van der Waals surface area contributed by atoms with E-state index < -0.39 is 0 Å². The van der Waals surface area contributed by atoms with E-state index in [9.17, 15) is 0 Å². The molecule has 1 saturated heterocycles. The van der Waals surface area contributed by atoms with Crippen molar-refractivity contribution >= 4 is 5.69 Å². The van der Waals surface area contributed by atoms with Gasteiger partial charge in [0.25, 0.3) is 0 Å². The van der Waals surface area contributed by atoms with Gasteiger partial charge in [0.1, 0.15) is 0 Å². The highest BCUT2D eigenvalue weighted by Gasteiger charge is 2.28. The van der Waals surface area contributed by atoms with E-state index in [1.54, 1.807) is 0 Å². The molecule has 0 saturated carbocycles. The molecule has 3 atom stereocenters. The Morgan fingerprint density at radius 3 is 2.56 bits per heavy atom. The first-order chi connectivity index (χ1) is 7.66. The van der Waals surface area contributed by atoms with Gasteiger partial charge >= 0.3 is 0 Å². The molecule has 1 aliphatic heterocycles. The lowest BCUT2D eigenvalue weighted by Gasteiger charge is -2.40. The summed E-state index contributed by atoms with van der Waals surface area (Å²) in [6.45, 7) is 5.83. The third-order valence-electron chi connectivity index (χ3n) is 3.74. The third-order valence-corrected chi connectivity index (χ3v) is 3.74. The van der Waals surface area contributed by atoms with E-state index in [2.05, 4.69) is 61.4 Å². The lowest BCUT2D eigenvalue weighted by molar-refractivity contribution is 0.145. The van der Waals surface area contributed by atoms with Gasteiger partial charge in [-0.05, 0) is 38.4 Å². The minimum Gasteiger partial charge on any atom is -0.382 e. The smallest absolute Gasteiger partial charge is 0.0342 e. The van der Waals surface area contributed by atoms with Gasteiger partial charge in [-0.25, -0.2) is 0 Å². The number of hydrogen-bond acceptors (Lipinski definition) is 2. The third kappa shape index (κ3) is 2.56. The zero-order valence-electron chi connectivity index (χ0n) is 10.5. The molecule has 0 aliphatic carbocycles. The number of nitrogens with one attached hydrogen (secondary N) is 1. The minimum absolute atomic E-state index is 0.605. The number of para-hydroxylation sites is 1. The second-order valence-corrected chi connectivity index (χ2v) is 5.12. The van der Waals surface area contributed by atoms with E-state index in [0.29, 0.717) is 18.0 Å². The van der Waals surface area contributed by atoms with Gasteiger partial charge in [0.05, 0.1) is 0 Å². The van der Waals surface area contributed by atoms with E-state index in [4.69, 9.17) is 0 Å². The molecule has 1 aromatic carbocycles. The van der Waals surface area contributed by atoms with Crippen LogP contribution in [0.4, 0.5) is 5.69 Å². The van der Waals surface area contributed by atoms with Crippen LogP contribution < -0.4 is 5.32 Å². The maximum absolute atomic E-state index is 3.65.